The molecule has 18 heavy (non-hydrogen) atoms. The Labute approximate surface area is 114 Å². The molecule has 2 unspecified atom stereocenters. The van der Waals surface area contributed by atoms with E-state index in [-0.39, 0.29) is 5.00 Å². The Morgan fingerprint density at radius 1 is 1.06 bits per heavy atom. The normalized spacial score (nSPS) is 42.4. The third kappa shape index (κ3) is 1.71. The van der Waals surface area contributed by atoms with E-state index in [1.54, 1.807) is 0 Å². The molecule has 2 aliphatic carbocycles. The van der Waals surface area contributed by atoms with Gasteiger partial charge in [0.05, 0.1) is 5.00 Å². The molecule has 0 amide bonds. The predicted octanol–water partition coefficient (Wildman–Crippen LogP) is 4.02. The minimum absolute atomic E-state index is 0.0232. The van der Waals surface area contributed by atoms with E-state index in [1.165, 1.54) is 37.7 Å². The van der Waals surface area contributed by atoms with Crippen molar-refractivity contribution in [3.63, 3.8) is 0 Å². The first kappa shape index (κ1) is 11.3. The number of hydrogen-bond acceptors (Lipinski definition) is 1. The van der Waals surface area contributed by atoms with Crippen LogP contribution in [0.4, 0.5) is 0 Å². The lowest BCUT2D eigenvalue weighted by Gasteiger charge is -2.60. The largest absolute Gasteiger partial charge is 0.278 e. The van der Waals surface area contributed by atoms with E-state index in [2.05, 4.69) is 35.2 Å². The first-order valence-electron chi connectivity index (χ1n) is 7.22. The fraction of sp³-hybridized carbons (Fsp3) is 0.625. The molecule has 0 N–H and O–H groups in total. The lowest BCUT2D eigenvalue weighted by Crippen LogP contribution is -2.62. The van der Waals surface area contributed by atoms with Crippen molar-refractivity contribution in [2.45, 2.75) is 49.7 Å². The van der Waals surface area contributed by atoms with E-state index < -0.39 is 0 Å². The molecule has 1 aromatic carbocycles. The predicted molar refractivity (Wildman–Crippen MR) is 74.4 cm³/mol. The van der Waals surface area contributed by atoms with Crippen LogP contribution in [-0.2, 0) is 6.54 Å². The maximum Gasteiger partial charge on any atom is 0.0971 e. The molecule has 96 valence electrons. The van der Waals surface area contributed by atoms with Gasteiger partial charge in [0, 0.05) is 12.6 Å². The van der Waals surface area contributed by atoms with Crippen LogP contribution < -0.4 is 0 Å². The Morgan fingerprint density at radius 2 is 1.72 bits per heavy atom. The summed E-state index contributed by atoms with van der Waals surface area (Å²) >= 11 is 6.97. The zero-order chi connectivity index (χ0) is 12.2. The van der Waals surface area contributed by atoms with Gasteiger partial charge in [-0.3, -0.25) is 4.90 Å². The second kappa shape index (κ2) is 3.98. The van der Waals surface area contributed by atoms with Gasteiger partial charge < -0.3 is 0 Å². The minimum Gasteiger partial charge on any atom is -0.278 e. The van der Waals surface area contributed by atoms with Gasteiger partial charge in [0.1, 0.15) is 0 Å². The van der Waals surface area contributed by atoms with Crippen molar-refractivity contribution < 1.29 is 0 Å². The maximum absolute atomic E-state index is 6.97. The molecule has 2 heteroatoms. The van der Waals surface area contributed by atoms with Crippen molar-refractivity contribution >= 4 is 11.6 Å². The van der Waals surface area contributed by atoms with Gasteiger partial charge in [-0.05, 0) is 49.5 Å². The lowest BCUT2D eigenvalue weighted by molar-refractivity contribution is -0.0857. The summed E-state index contributed by atoms with van der Waals surface area (Å²) in [6.07, 6.45) is 6.66. The highest BCUT2D eigenvalue weighted by atomic mass is 35.5. The first-order chi connectivity index (χ1) is 8.73. The van der Waals surface area contributed by atoms with Gasteiger partial charge in [-0.2, -0.15) is 0 Å². The van der Waals surface area contributed by atoms with E-state index in [9.17, 15) is 0 Å². The van der Waals surface area contributed by atoms with Crippen LogP contribution in [0.15, 0.2) is 30.3 Å². The lowest BCUT2D eigenvalue weighted by atomic mass is 9.63. The van der Waals surface area contributed by atoms with Crippen LogP contribution in [0.2, 0.25) is 0 Å². The number of halogens is 1. The summed E-state index contributed by atoms with van der Waals surface area (Å²) in [5.74, 6) is 1.82. The Balaban J connectivity index is 1.61. The van der Waals surface area contributed by atoms with Crippen molar-refractivity contribution in [1.82, 2.24) is 4.90 Å². The average molecular weight is 262 g/mol. The number of nitrogens with zero attached hydrogens (tertiary/aromatic N) is 1. The topological polar surface area (TPSA) is 3.24 Å². The van der Waals surface area contributed by atoms with Crippen molar-refractivity contribution in [2.75, 3.05) is 0 Å². The van der Waals surface area contributed by atoms with E-state index in [0.29, 0.717) is 0 Å². The van der Waals surface area contributed by atoms with Crippen LogP contribution in [0.25, 0.3) is 0 Å². The Morgan fingerprint density at radius 3 is 2.33 bits per heavy atom. The smallest absolute Gasteiger partial charge is 0.0971 e. The molecule has 1 aromatic rings. The van der Waals surface area contributed by atoms with Crippen LogP contribution in [0.5, 0.6) is 0 Å². The molecule has 2 atom stereocenters. The summed E-state index contributed by atoms with van der Waals surface area (Å²) in [7, 11) is 0. The minimum atomic E-state index is -0.0232. The van der Waals surface area contributed by atoms with Gasteiger partial charge in [0.15, 0.2) is 0 Å². The zero-order valence-electron chi connectivity index (χ0n) is 10.7. The number of benzene rings is 1. The highest BCUT2D eigenvalue weighted by molar-refractivity contribution is 6.23. The second-order valence-electron chi connectivity index (χ2n) is 6.53. The zero-order valence-corrected chi connectivity index (χ0v) is 11.4. The maximum atomic E-state index is 6.97. The Bertz CT molecular complexity index is 430. The molecule has 0 spiro atoms. The SMILES string of the molecule is ClC12CC3CC(CC(C3)N1Cc1ccccc1)C2. The van der Waals surface area contributed by atoms with Crippen molar-refractivity contribution in [1.29, 1.82) is 0 Å². The summed E-state index contributed by atoms with van der Waals surface area (Å²) in [4.78, 5) is 2.58. The first-order valence-corrected chi connectivity index (χ1v) is 7.60. The van der Waals surface area contributed by atoms with Gasteiger partial charge in [0.25, 0.3) is 0 Å². The quantitative estimate of drug-likeness (QED) is 0.574. The number of alkyl halides is 1. The summed E-state index contributed by atoms with van der Waals surface area (Å²) < 4.78 is 0. The van der Waals surface area contributed by atoms with Crippen molar-refractivity contribution in [2.24, 2.45) is 11.8 Å². The third-order valence-corrected chi connectivity index (χ3v) is 5.76. The Kier molecular flexibility index (Phi) is 2.50. The van der Waals surface area contributed by atoms with Gasteiger partial charge in [0.2, 0.25) is 0 Å². The molecule has 4 aliphatic rings. The highest BCUT2D eigenvalue weighted by Gasteiger charge is 2.54. The van der Waals surface area contributed by atoms with E-state index in [1.807, 2.05) is 0 Å². The van der Waals surface area contributed by atoms with Gasteiger partial charge in [-0.15, -0.1) is 11.6 Å². The molecular formula is C16H20ClN. The summed E-state index contributed by atoms with van der Waals surface area (Å²) in [6, 6.07) is 11.6. The average Bonchev–Trinajstić information content (AvgIpc) is 2.34. The van der Waals surface area contributed by atoms with Crippen molar-refractivity contribution in [3.05, 3.63) is 35.9 Å². The molecule has 2 saturated carbocycles. The third-order valence-electron chi connectivity index (χ3n) is 5.23. The molecule has 5 rings (SSSR count). The second-order valence-corrected chi connectivity index (χ2v) is 7.24. The molecule has 2 aliphatic heterocycles. The number of piperidine rings is 2. The molecule has 2 heterocycles. The fourth-order valence-electron chi connectivity index (χ4n) is 4.70. The van der Waals surface area contributed by atoms with Crippen LogP contribution in [0.1, 0.15) is 37.7 Å². The molecule has 0 radical (unpaired) electrons. The summed E-state index contributed by atoms with van der Waals surface area (Å²) in [5.41, 5.74) is 1.41. The molecule has 4 fully saturated rings. The van der Waals surface area contributed by atoms with E-state index >= 15 is 0 Å². The van der Waals surface area contributed by atoms with Crippen LogP contribution in [0.3, 0.4) is 0 Å². The number of rotatable bonds is 2. The monoisotopic (exact) mass is 261 g/mol. The standard InChI is InChI=1S/C16H20ClN/c17-16-9-13-6-14(10-16)8-15(7-13)18(16)11-12-4-2-1-3-5-12/h1-5,13-15H,6-11H2. The summed E-state index contributed by atoms with van der Waals surface area (Å²) in [5, 5.41) is 0. The number of hydrogen-bond donors (Lipinski definition) is 0. The van der Waals surface area contributed by atoms with Crippen LogP contribution in [-0.4, -0.2) is 15.9 Å². The molecule has 0 aromatic heterocycles. The van der Waals surface area contributed by atoms with Gasteiger partial charge in [-0.25, -0.2) is 0 Å². The van der Waals surface area contributed by atoms with E-state index in [0.717, 1.165) is 24.4 Å². The van der Waals surface area contributed by atoms with Crippen LogP contribution in [0, 0.1) is 11.8 Å². The van der Waals surface area contributed by atoms with Crippen LogP contribution >= 0.6 is 11.6 Å². The van der Waals surface area contributed by atoms with Gasteiger partial charge >= 0.3 is 0 Å². The molecule has 4 bridgehead atoms. The molecule has 2 saturated heterocycles. The van der Waals surface area contributed by atoms with Crippen molar-refractivity contribution in [3.8, 4) is 0 Å². The molecule has 1 nitrogen and oxygen atoms in total. The van der Waals surface area contributed by atoms with Gasteiger partial charge in [-0.1, -0.05) is 30.3 Å². The Hall–Kier alpha value is -0.530. The fourth-order valence-corrected chi connectivity index (χ4v) is 5.33. The van der Waals surface area contributed by atoms with E-state index in [4.69, 9.17) is 11.6 Å². The highest BCUT2D eigenvalue weighted by Crippen LogP contribution is 2.56. The molecular weight excluding hydrogens is 242 g/mol. The summed E-state index contributed by atoms with van der Waals surface area (Å²) in [6.45, 7) is 1.04.